The summed E-state index contributed by atoms with van der Waals surface area (Å²) in [6.07, 6.45) is 0. The molecule has 1 atom stereocenters. The van der Waals surface area contributed by atoms with E-state index in [1.165, 1.54) is 5.56 Å². The van der Waals surface area contributed by atoms with Crippen molar-refractivity contribution in [3.8, 4) is 0 Å². The van der Waals surface area contributed by atoms with Crippen LogP contribution in [0.5, 0.6) is 0 Å². The first kappa shape index (κ1) is 20.7. The number of rotatable bonds is 6. The Balaban J connectivity index is 0.00000441. The van der Waals surface area contributed by atoms with E-state index < -0.39 is 5.41 Å². The van der Waals surface area contributed by atoms with Gasteiger partial charge in [0.1, 0.15) is 0 Å². The average molecular weight is 418 g/mol. The fourth-order valence-electron chi connectivity index (χ4n) is 1.70. The number of hydrogen-bond acceptors (Lipinski definition) is 2. The Hall–Kier alpha value is -1.31. The van der Waals surface area contributed by atoms with E-state index in [0.717, 1.165) is 6.54 Å². The van der Waals surface area contributed by atoms with Gasteiger partial charge in [0, 0.05) is 6.54 Å². The van der Waals surface area contributed by atoms with Gasteiger partial charge < -0.3 is 16.4 Å². The number of guanidine groups is 1. The molecule has 0 aliphatic heterocycles. The Morgan fingerprint density at radius 2 is 1.91 bits per heavy atom. The summed E-state index contributed by atoms with van der Waals surface area (Å²) < 4.78 is 0. The molecule has 0 heterocycles. The van der Waals surface area contributed by atoms with E-state index in [2.05, 4.69) is 34.7 Å². The van der Waals surface area contributed by atoms with Crippen molar-refractivity contribution in [2.24, 2.45) is 16.1 Å². The highest BCUT2D eigenvalue weighted by atomic mass is 127. The largest absolute Gasteiger partial charge is 0.369 e. The number of amides is 1. The fourth-order valence-corrected chi connectivity index (χ4v) is 1.70. The summed E-state index contributed by atoms with van der Waals surface area (Å²) in [7, 11) is 0. The van der Waals surface area contributed by atoms with Gasteiger partial charge in [0.05, 0.1) is 18.0 Å². The van der Waals surface area contributed by atoms with Gasteiger partial charge in [0.2, 0.25) is 5.91 Å². The molecule has 0 aliphatic rings. The third-order valence-corrected chi connectivity index (χ3v) is 3.30. The van der Waals surface area contributed by atoms with Crippen molar-refractivity contribution in [2.75, 3.05) is 13.1 Å². The lowest BCUT2D eigenvalue weighted by molar-refractivity contribution is -0.125. The number of carbonyl (C=O) groups excluding carboxylic acids is 1. The average Bonchev–Trinajstić information content (AvgIpc) is 2.45. The lowest BCUT2D eigenvalue weighted by Gasteiger charge is -2.21. The normalized spacial score (nSPS) is 13.0. The molecule has 0 bridgehead atoms. The molecule has 0 saturated carbocycles. The number of primary amides is 1. The molecular weight excluding hydrogens is 391 g/mol. The van der Waals surface area contributed by atoms with Crippen molar-refractivity contribution in [3.05, 3.63) is 35.9 Å². The third kappa shape index (κ3) is 6.64. The standard InChI is InChI=1S/C16H26N4O.HI/c1-5-18-15(19-11-16(3,4)14(17)21)20-12(2)13-9-7-6-8-10-13;/h6-10,12H,5,11H2,1-4H3,(H2,17,21)(H2,18,19,20);1H. The zero-order valence-electron chi connectivity index (χ0n) is 13.7. The molecule has 22 heavy (non-hydrogen) atoms. The Bertz CT molecular complexity index is 488. The van der Waals surface area contributed by atoms with Crippen molar-refractivity contribution in [2.45, 2.75) is 33.7 Å². The van der Waals surface area contributed by atoms with Crippen LogP contribution < -0.4 is 16.4 Å². The van der Waals surface area contributed by atoms with E-state index in [1.807, 2.05) is 25.1 Å². The van der Waals surface area contributed by atoms with Crippen LogP contribution in [0.15, 0.2) is 35.3 Å². The first-order valence-corrected chi connectivity index (χ1v) is 7.26. The van der Waals surface area contributed by atoms with Crippen LogP contribution in [0.25, 0.3) is 0 Å². The van der Waals surface area contributed by atoms with Gasteiger partial charge >= 0.3 is 0 Å². The lowest BCUT2D eigenvalue weighted by Crippen LogP contribution is -2.41. The van der Waals surface area contributed by atoms with Crippen molar-refractivity contribution in [3.63, 3.8) is 0 Å². The molecular formula is C16H27IN4O. The number of benzene rings is 1. The second kappa shape index (κ2) is 9.66. The molecule has 0 radical (unpaired) electrons. The summed E-state index contributed by atoms with van der Waals surface area (Å²) in [6, 6.07) is 10.3. The summed E-state index contributed by atoms with van der Waals surface area (Å²) in [5.41, 5.74) is 5.90. The Morgan fingerprint density at radius 3 is 2.41 bits per heavy atom. The summed E-state index contributed by atoms with van der Waals surface area (Å²) in [5, 5.41) is 6.51. The fraction of sp³-hybridized carbons (Fsp3) is 0.500. The predicted molar refractivity (Wildman–Crippen MR) is 102 cm³/mol. The van der Waals surface area contributed by atoms with E-state index in [4.69, 9.17) is 5.73 Å². The number of nitrogens with zero attached hydrogens (tertiary/aromatic N) is 1. The molecule has 5 nitrogen and oxygen atoms in total. The van der Waals surface area contributed by atoms with E-state index in [-0.39, 0.29) is 35.9 Å². The molecule has 0 fully saturated rings. The lowest BCUT2D eigenvalue weighted by atomic mass is 9.93. The highest BCUT2D eigenvalue weighted by Crippen LogP contribution is 2.15. The molecule has 1 unspecified atom stereocenters. The van der Waals surface area contributed by atoms with E-state index in [9.17, 15) is 4.79 Å². The monoisotopic (exact) mass is 418 g/mol. The molecule has 1 amide bonds. The minimum absolute atomic E-state index is 0. The van der Waals surface area contributed by atoms with E-state index >= 15 is 0 Å². The highest BCUT2D eigenvalue weighted by Gasteiger charge is 2.24. The summed E-state index contributed by atoms with van der Waals surface area (Å²) in [5.74, 6) is 0.335. The molecule has 1 rings (SSSR count). The molecule has 4 N–H and O–H groups in total. The highest BCUT2D eigenvalue weighted by molar-refractivity contribution is 14.0. The SMILES string of the molecule is CCNC(=NCC(C)(C)C(N)=O)NC(C)c1ccccc1.I. The van der Waals surface area contributed by atoms with Crippen LogP contribution >= 0.6 is 24.0 Å². The Kier molecular flexibility index (Phi) is 9.08. The summed E-state index contributed by atoms with van der Waals surface area (Å²) >= 11 is 0. The topological polar surface area (TPSA) is 79.5 Å². The molecule has 0 spiro atoms. The summed E-state index contributed by atoms with van der Waals surface area (Å²) in [4.78, 5) is 15.8. The smallest absolute Gasteiger partial charge is 0.224 e. The maximum Gasteiger partial charge on any atom is 0.224 e. The quantitative estimate of drug-likeness (QED) is 0.377. The van der Waals surface area contributed by atoms with Gasteiger partial charge in [-0.2, -0.15) is 0 Å². The van der Waals surface area contributed by atoms with Gasteiger partial charge in [0.25, 0.3) is 0 Å². The van der Waals surface area contributed by atoms with Crippen LogP contribution in [0, 0.1) is 5.41 Å². The number of carbonyl (C=O) groups is 1. The van der Waals surface area contributed by atoms with Crippen LogP contribution in [-0.2, 0) is 4.79 Å². The van der Waals surface area contributed by atoms with Crippen LogP contribution in [0.2, 0.25) is 0 Å². The molecule has 0 aliphatic carbocycles. The number of halogens is 1. The van der Waals surface area contributed by atoms with Gasteiger partial charge in [-0.3, -0.25) is 9.79 Å². The van der Waals surface area contributed by atoms with Gasteiger partial charge in [-0.1, -0.05) is 30.3 Å². The van der Waals surface area contributed by atoms with Crippen LogP contribution in [0.1, 0.15) is 39.3 Å². The molecule has 6 heteroatoms. The van der Waals surface area contributed by atoms with E-state index in [0.29, 0.717) is 12.5 Å². The first-order valence-electron chi connectivity index (χ1n) is 7.26. The van der Waals surface area contributed by atoms with E-state index in [1.54, 1.807) is 13.8 Å². The maximum atomic E-state index is 11.3. The molecule has 1 aromatic rings. The second-order valence-corrected chi connectivity index (χ2v) is 5.72. The van der Waals surface area contributed by atoms with Crippen molar-refractivity contribution >= 4 is 35.8 Å². The third-order valence-electron chi connectivity index (χ3n) is 3.30. The summed E-state index contributed by atoms with van der Waals surface area (Å²) in [6.45, 7) is 8.76. The van der Waals surface area contributed by atoms with Crippen LogP contribution in [0.3, 0.4) is 0 Å². The molecule has 0 aromatic heterocycles. The Labute approximate surface area is 150 Å². The van der Waals surface area contributed by atoms with Crippen LogP contribution in [0.4, 0.5) is 0 Å². The zero-order valence-corrected chi connectivity index (χ0v) is 16.0. The number of nitrogens with two attached hydrogens (primary N) is 1. The zero-order chi connectivity index (χ0) is 15.9. The molecule has 0 saturated heterocycles. The molecule has 124 valence electrons. The predicted octanol–water partition coefficient (Wildman–Crippen LogP) is 2.43. The van der Waals surface area contributed by atoms with Crippen LogP contribution in [-0.4, -0.2) is 25.0 Å². The van der Waals surface area contributed by atoms with Crippen molar-refractivity contribution in [1.29, 1.82) is 0 Å². The minimum atomic E-state index is -0.654. The first-order chi connectivity index (χ1) is 9.86. The number of aliphatic imine (C=N–C) groups is 1. The molecule has 1 aromatic carbocycles. The van der Waals surface area contributed by atoms with Crippen molar-refractivity contribution < 1.29 is 4.79 Å². The second-order valence-electron chi connectivity index (χ2n) is 5.72. The van der Waals surface area contributed by atoms with Gasteiger partial charge in [0.15, 0.2) is 5.96 Å². The number of hydrogen-bond donors (Lipinski definition) is 3. The van der Waals surface area contributed by atoms with Gasteiger partial charge in [-0.05, 0) is 33.3 Å². The van der Waals surface area contributed by atoms with Crippen molar-refractivity contribution in [1.82, 2.24) is 10.6 Å². The maximum absolute atomic E-state index is 11.3. The van der Waals surface area contributed by atoms with Gasteiger partial charge in [-0.25, -0.2) is 0 Å². The number of nitrogens with one attached hydrogen (secondary N) is 2. The van der Waals surface area contributed by atoms with Gasteiger partial charge in [-0.15, -0.1) is 24.0 Å². The minimum Gasteiger partial charge on any atom is -0.369 e. The Morgan fingerprint density at radius 1 is 1.32 bits per heavy atom.